The number of nitrogens with two attached hydrogens (primary N) is 1. The van der Waals surface area contributed by atoms with Gasteiger partial charge in [-0.2, -0.15) is 0 Å². The van der Waals surface area contributed by atoms with Crippen LogP contribution in [-0.4, -0.2) is 4.32 Å². The first-order valence-electron chi connectivity index (χ1n) is 3.25. The van der Waals surface area contributed by atoms with Crippen molar-refractivity contribution in [2.24, 2.45) is 5.73 Å². The molecular formula is C8H12N2S2. The van der Waals surface area contributed by atoms with E-state index in [0.29, 0.717) is 4.32 Å². The van der Waals surface area contributed by atoms with Gasteiger partial charge in [0.05, 0.1) is 0 Å². The summed E-state index contributed by atoms with van der Waals surface area (Å²) in [5.74, 6) is 0.871. The lowest BCUT2D eigenvalue weighted by atomic mass is 10.2. The van der Waals surface area contributed by atoms with Crippen LogP contribution in [0.25, 0.3) is 0 Å². The molecule has 0 aliphatic heterocycles. The first kappa shape index (κ1) is 11.4. The second-order valence-electron chi connectivity index (χ2n) is 2.09. The summed E-state index contributed by atoms with van der Waals surface area (Å²) in [6.45, 7) is 0. The monoisotopic (exact) mass is 200 g/mol. The fourth-order valence-electron chi connectivity index (χ4n) is 0.729. The molecule has 66 valence electrons. The van der Waals surface area contributed by atoms with Crippen molar-refractivity contribution in [2.75, 3.05) is 0 Å². The van der Waals surface area contributed by atoms with Crippen LogP contribution in [0.4, 0.5) is 0 Å². The van der Waals surface area contributed by atoms with Crippen molar-refractivity contribution in [3.05, 3.63) is 35.9 Å². The van der Waals surface area contributed by atoms with Gasteiger partial charge in [-0.25, -0.2) is 0 Å². The molecule has 0 heterocycles. The summed E-state index contributed by atoms with van der Waals surface area (Å²) >= 11 is 6.23. The van der Waals surface area contributed by atoms with Gasteiger partial charge in [0.1, 0.15) is 4.32 Å². The largest absolute Gasteiger partial charge is 0.385 e. The third kappa shape index (κ3) is 4.33. The number of benzene rings is 1. The minimum Gasteiger partial charge on any atom is -0.385 e. The summed E-state index contributed by atoms with van der Waals surface area (Å²) in [5.41, 5.74) is 6.59. The van der Waals surface area contributed by atoms with Crippen molar-refractivity contribution < 1.29 is 0 Å². The van der Waals surface area contributed by atoms with Crippen molar-refractivity contribution in [1.29, 1.82) is 0 Å². The van der Waals surface area contributed by atoms with Crippen LogP contribution < -0.4 is 11.9 Å². The Kier molecular flexibility index (Phi) is 5.70. The topological polar surface area (TPSA) is 61.0 Å². The summed E-state index contributed by atoms with van der Waals surface area (Å²) in [6.07, 6.45) is 0. The van der Waals surface area contributed by atoms with Gasteiger partial charge in [-0.1, -0.05) is 54.3 Å². The second kappa shape index (κ2) is 5.99. The van der Waals surface area contributed by atoms with E-state index < -0.39 is 0 Å². The predicted molar refractivity (Wildman–Crippen MR) is 59.5 cm³/mol. The molecule has 12 heavy (non-hydrogen) atoms. The first-order chi connectivity index (χ1) is 5.29. The van der Waals surface area contributed by atoms with Crippen LogP contribution in [-0.2, 0) is 5.75 Å². The van der Waals surface area contributed by atoms with Gasteiger partial charge in [-0.05, 0) is 5.56 Å². The fraction of sp³-hybridized carbons (Fsp3) is 0.125. The van der Waals surface area contributed by atoms with Crippen molar-refractivity contribution >= 4 is 28.3 Å². The van der Waals surface area contributed by atoms with Crippen molar-refractivity contribution in [3.8, 4) is 0 Å². The Morgan fingerprint density at radius 2 is 1.92 bits per heavy atom. The van der Waals surface area contributed by atoms with E-state index in [-0.39, 0.29) is 6.15 Å². The van der Waals surface area contributed by atoms with Crippen LogP contribution in [0.5, 0.6) is 0 Å². The molecule has 4 heteroatoms. The Labute approximate surface area is 82.1 Å². The van der Waals surface area contributed by atoms with Gasteiger partial charge in [-0.3, -0.25) is 0 Å². The van der Waals surface area contributed by atoms with Crippen LogP contribution in [0, 0.1) is 0 Å². The number of thioether (sulfide) groups is 1. The van der Waals surface area contributed by atoms with Gasteiger partial charge in [0, 0.05) is 5.75 Å². The van der Waals surface area contributed by atoms with Crippen LogP contribution in [0.3, 0.4) is 0 Å². The van der Waals surface area contributed by atoms with Gasteiger partial charge >= 0.3 is 0 Å². The number of rotatable bonds is 2. The van der Waals surface area contributed by atoms with Crippen molar-refractivity contribution in [2.45, 2.75) is 5.75 Å². The molecule has 2 nitrogen and oxygen atoms in total. The van der Waals surface area contributed by atoms with Crippen LogP contribution in [0.1, 0.15) is 5.56 Å². The Balaban J connectivity index is 0.00000121. The molecule has 1 aromatic carbocycles. The fourth-order valence-corrected chi connectivity index (χ4v) is 1.41. The summed E-state index contributed by atoms with van der Waals surface area (Å²) in [5, 5.41) is 0. The van der Waals surface area contributed by atoms with Gasteiger partial charge in [-0.15, -0.1) is 0 Å². The van der Waals surface area contributed by atoms with Gasteiger partial charge in [0.2, 0.25) is 0 Å². The van der Waals surface area contributed by atoms with Crippen LogP contribution in [0.2, 0.25) is 0 Å². The minimum atomic E-state index is 0. The average Bonchev–Trinajstić information content (AvgIpc) is 2.03. The molecule has 0 saturated heterocycles. The molecule has 0 radical (unpaired) electrons. The van der Waals surface area contributed by atoms with E-state index in [1.54, 1.807) is 0 Å². The highest BCUT2D eigenvalue weighted by Crippen LogP contribution is 2.10. The molecular weight excluding hydrogens is 188 g/mol. The molecule has 0 unspecified atom stereocenters. The maximum Gasteiger partial charge on any atom is 0.131 e. The number of hydrogen-bond donors (Lipinski definition) is 2. The predicted octanol–water partition coefficient (Wildman–Crippen LogP) is 2.33. The second-order valence-corrected chi connectivity index (χ2v) is 3.81. The highest BCUT2D eigenvalue weighted by atomic mass is 32.2. The normalized spacial score (nSPS) is 8.67. The minimum absolute atomic E-state index is 0. The van der Waals surface area contributed by atoms with Crippen molar-refractivity contribution in [3.63, 3.8) is 0 Å². The summed E-state index contributed by atoms with van der Waals surface area (Å²) in [7, 11) is 0. The zero-order chi connectivity index (χ0) is 8.10. The number of thiocarbonyl (C=S) groups is 1. The van der Waals surface area contributed by atoms with Gasteiger partial charge in [0.15, 0.2) is 0 Å². The van der Waals surface area contributed by atoms with Crippen molar-refractivity contribution in [1.82, 2.24) is 6.15 Å². The Morgan fingerprint density at radius 3 is 2.42 bits per heavy atom. The average molecular weight is 200 g/mol. The van der Waals surface area contributed by atoms with Gasteiger partial charge < -0.3 is 11.9 Å². The van der Waals surface area contributed by atoms with Gasteiger partial charge in [0.25, 0.3) is 0 Å². The molecule has 5 N–H and O–H groups in total. The highest BCUT2D eigenvalue weighted by Gasteiger charge is 1.92. The molecule has 0 atom stereocenters. The van der Waals surface area contributed by atoms with E-state index in [2.05, 4.69) is 12.1 Å². The summed E-state index contributed by atoms with van der Waals surface area (Å²) in [4.78, 5) is 0. The number of hydrogen-bond acceptors (Lipinski definition) is 3. The lowest BCUT2D eigenvalue weighted by Gasteiger charge is -1.97. The summed E-state index contributed by atoms with van der Waals surface area (Å²) in [6, 6.07) is 10.1. The molecule has 0 aliphatic carbocycles. The molecule has 0 fully saturated rings. The van der Waals surface area contributed by atoms with Crippen LogP contribution in [0.15, 0.2) is 30.3 Å². The Hall–Kier alpha value is -0.580. The molecule has 0 saturated carbocycles. The molecule has 0 bridgehead atoms. The molecule has 0 aromatic heterocycles. The zero-order valence-electron chi connectivity index (χ0n) is 6.69. The van der Waals surface area contributed by atoms with E-state index >= 15 is 0 Å². The molecule has 0 aliphatic rings. The van der Waals surface area contributed by atoms with Crippen LogP contribution >= 0.6 is 24.0 Å². The smallest absolute Gasteiger partial charge is 0.131 e. The SMILES string of the molecule is N.NC(=S)SCc1ccccc1. The lowest BCUT2D eigenvalue weighted by Crippen LogP contribution is -2.01. The van der Waals surface area contributed by atoms with E-state index in [0.717, 1.165) is 5.75 Å². The molecule has 0 amide bonds. The third-order valence-corrected chi connectivity index (χ3v) is 2.34. The van der Waals surface area contributed by atoms with E-state index in [1.807, 2.05) is 18.2 Å². The maximum absolute atomic E-state index is 5.33. The maximum atomic E-state index is 5.33. The van der Waals surface area contributed by atoms with E-state index in [4.69, 9.17) is 18.0 Å². The van der Waals surface area contributed by atoms with E-state index in [9.17, 15) is 0 Å². The summed E-state index contributed by atoms with van der Waals surface area (Å²) < 4.78 is 0.508. The molecule has 1 aromatic rings. The lowest BCUT2D eigenvalue weighted by molar-refractivity contribution is 1.42. The zero-order valence-corrected chi connectivity index (χ0v) is 8.33. The first-order valence-corrected chi connectivity index (χ1v) is 4.64. The highest BCUT2D eigenvalue weighted by molar-refractivity contribution is 8.22. The molecule has 0 spiro atoms. The molecule has 1 rings (SSSR count). The standard InChI is InChI=1S/C8H9NS2.H3N/c9-8(10)11-6-7-4-2-1-3-5-7;/h1-5H,6H2,(H2,9,10);1H3. The Bertz CT molecular complexity index is 236. The van der Waals surface area contributed by atoms with E-state index in [1.165, 1.54) is 17.3 Å². The third-order valence-electron chi connectivity index (χ3n) is 1.22. The Morgan fingerprint density at radius 1 is 1.33 bits per heavy atom. The quantitative estimate of drug-likeness (QED) is 0.719.